The van der Waals surface area contributed by atoms with E-state index in [1.165, 1.54) is 0 Å². The summed E-state index contributed by atoms with van der Waals surface area (Å²) in [6, 6.07) is 12.7. The second-order valence-corrected chi connectivity index (χ2v) is 5.43. The fourth-order valence-corrected chi connectivity index (χ4v) is 2.39. The van der Waals surface area contributed by atoms with Gasteiger partial charge in [0.25, 0.3) is 5.89 Å². The summed E-state index contributed by atoms with van der Waals surface area (Å²) in [6.07, 6.45) is 0. The van der Waals surface area contributed by atoms with Gasteiger partial charge in [-0.3, -0.25) is 0 Å². The Bertz CT molecular complexity index is 773. The van der Waals surface area contributed by atoms with Crippen LogP contribution in [0.15, 0.2) is 51.5 Å². The maximum absolute atomic E-state index is 5.99. The van der Waals surface area contributed by atoms with Crippen molar-refractivity contribution in [2.45, 2.75) is 0 Å². The van der Waals surface area contributed by atoms with Gasteiger partial charge in [0.05, 0.1) is 5.56 Å². The van der Waals surface area contributed by atoms with E-state index in [-0.39, 0.29) is 0 Å². The van der Waals surface area contributed by atoms with E-state index in [0.717, 1.165) is 15.6 Å². The van der Waals surface area contributed by atoms with Gasteiger partial charge in [-0.05, 0) is 46.3 Å². The minimum atomic E-state index is 0.387. The van der Waals surface area contributed by atoms with Gasteiger partial charge >= 0.3 is 0 Å². The average Bonchev–Trinajstić information content (AvgIpc) is 2.91. The van der Waals surface area contributed by atoms with Crippen molar-refractivity contribution in [3.05, 3.63) is 52.0 Å². The van der Waals surface area contributed by atoms with Crippen molar-refractivity contribution < 1.29 is 4.52 Å². The number of para-hydroxylation sites is 1. The highest BCUT2D eigenvalue weighted by Gasteiger charge is 2.14. The fraction of sp³-hybridized carbons (Fsp3) is 0. The predicted octanol–water partition coefficient (Wildman–Crippen LogP) is 4.40. The molecule has 0 radical (unpaired) electrons. The molecule has 2 aromatic carbocycles. The van der Waals surface area contributed by atoms with Gasteiger partial charge in [0.15, 0.2) is 0 Å². The molecular formula is C14H9BrClN3O. The zero-order chi connectivity index (χ0) is 14.1. The van der Waals surface area contributed by atoms with Crippen molar-refractivity contribution in [3.8, 4) is 22.8 Å². The van der Waals surface area contributed by atoms with Gasteiger partial charge in [-0.15, -0.1) is 0 Å². The predicted molar refractivity (Wildman–Crippen MR) is 82.3 cm³/mol. The van der Waals surface area contributed by atoms with E-state index in [9.17, 15) is 0 Å². The molecule has 4 nitrogen and oxygen atoms in total. The van der Waals surface area contributed by atoms with E-state index in [1.807, 2.05) is 24.3 Å². The smallest absolute Gasteiger partial charge is 0.259 e. The number of hydrogen-bond acceptors (Lipinski definition) is 4. The number of anilines is 1. The normalized spacial score (nSPS) is 10.7. The van der Waals surface area contributed by atoms with Crippen molar-refractivity contribution in [1.82, 2.24) is 10.1 Å². The SMILES string of the molecule is Nc1ccccc1-c1noc(-c2cc(Cl)ccc2Br)n1. The second-order valence-electron chi connectivity index (χ2n) is 4.13. The first-order valence-corrected chi connectivity index (χ1v) is 6.96. The molecule has 0 aliphatic carbocycles. The van der Waals surface area contributed by atoms with Crippen LogP contribution in [0, 0.1) is 0 Å². The third kappa shape index (κ3) is 2.42. The minimum absolute atomic E-state index is 0.387. The second kappa shape index (κ2) is 5.26. The van der Waals surface area contributed by atoms with E-state index < -0.39 is 0 Å². The molecule has 0 aliphatic heterocycles. The van der Waals surface area contributed by atoms with Crippen molar-refractivity contribution in [3.63, 3.8) is 0 Å². The van der Waals surface area contributed by atoms with Gasteiger partial charge in [0.2, 0.25) is 5.82 Å². The molecule has 0 saturated carbocycles. The van der Waals surface area contributed by atoms with E-state index in [0.29, 0.717) is 22.4 Å². The Morgan fingerprint density at radius 2 is 1.90 bits per heavy atom. The van der Waals surface area contributed by atoms with Crippen molar-refractivity contribution >= 4 is 33.2 Å². The highest BCUT2D eigenvalue weighted by molar-refractivity contribution is 9.10. The van der Waals surface area contributed by atoms with Gasteiger partial charge in [-0.2, -0.15) is 4.98 Å². The van der Waals surface area contributed by atoms with Crippen LogP contribution in [-0.2, 0) is 0 Å². The van der Waals surface area contributed by atoms with Crippen molar-refractivity contribution in [1.29, 1.82) is 0 Å². The van der Waals surface area contributed by atoms with Crippen LogP contribution in [0.3, 0.4) is 0 Å². The molecule has 6 heteroatoms. The Hall–Kier alpha value is -1.85. The summed E-state index contributed by atoms with van der Waals surface area (Å²) in [6.45, 7) is 0. The van der Waals surface area contributed by atoms with Crippen LogP contribution in [0.5, 0.6) is 0 Å². The number of halogens is 2. The van der Waals surface area contributed by atoms with Gasteiger partial charge in [-0.1, -0.05) is 28.9 Å². The third-order valence-corrected chi connectivity index (χ3v) is 3.71. The summed E-state index contributed by atoms with van der Waals surface area (Å²) < 4.78 is 6.12. The lowest BCUT2D eigenvalue weighted by Crippen LogP contribution is -1.90. The summed E-state index contributed by atoms with van der Waals surface area (Å²) in [4.78, 5) is 4.37. The lowest BCUT2D eigenvalue weighted by atomic mass is 10.1. The molecule has 0 atom stereocenters. The molecule has 1 heterocycles. The van der Waals surface area contributed by atoms with E-state index in [1.54, 1.807) is 18.2 Å². The minimum Gasteiger partial charge on any atom is -0.398 e. The summed E-state index contributed by atoms with van der Waals surface area (Å²) in [5.74, 6) is 0.836. The molecule has 1 aromatic heterocycles. The molecule has 20 heavy (non-hydrogen) atoms. The van der Waals surface area contributed by atoms with Crippen LogP contribution >= 0.6 is 27.5 Å². The van der Waals surface area contributed by atoms with E-state index in [2.05, 4.69) is 26.1 Å². The fourth-order valence-electron chi connectivity index (χ4n) is 1.80. The Balaban J connectivity index is 2.07. The molecule has 3 aromatic rings. The first-order valence-electron chi connectivity index (χ1n) is 5.79. The Morgan fingerprint density at radius 1 is 1.10 bits per heavy atom. The van der Waals surface area contributed by atoms with Gasteiger partial charge in [0, 0.05) is 20.7 Å². The van der Waals surface area contributed by atoms with Crippen LogP contribution < -0.4 is 5.73 Å². The number of nitrogens with zero attached hydrogens (tertiary/aromatic N) is 2. The van der Waals surface area contributed by atoms with Crippen molar-refractivity contribution in [2.24, 2.45) is 0 Å². The molecular weight excluding hydrogens is 342 g/mol. The van der Waals surface area contributed by atoms with Crippen LogP contribution in [0.1, 0.15) is 0 Å². The lowest BCUT2D eigenvalue weighted by molar-refractivity contribution is 0.432. The molecule has 0 spiro atoms. The number of nitrogen functional groups attached to an aromatic ring is 1. The first-order chi connectivity index (χ1) is 9.65. The molecule has 0 unspecified atom stereocenters. The van der Waals surface area contributed by atoms with Crippen molar-refractivity contribution in [2.75, 3.05) is 5.73 Å². The highest BCUT2D eigenvalue weighted by Crippen LogP contribution is 2.31. The molecule has 2 N–H and O–H groups in total. The summed E-state index contributed by atoms with van der Waals surface area (Å²) in [5.41, 5.74) is 7.98. The van der Waals surface area contributed by atoms with Gasteiger partial charge < -0.3 is 10.3 Å². The molecule has 0 fully saturated rings. The maximum atomic E-state index is 5.99. The highest BCUT2D eigenvalue weighted by atomic mass is 79.9. The van der Waals surface area contributed by atoms with Crippen LogP contribution in [0.4, 0.5) is 5.69 Å². The number of hydrogen-bond donors (Lipinski definition) is 1. The quantitative estimate of drug-likeness (QED) is 0.696. The lowest BCUT2D eigenvalue weighted by Gasteiger charge is -1.99. The topological polar surface area (TPSA) is 64.9 Å². The number of benzene rings is 2. The summed E-state index contributed by atoms with van der Waals surface area (Å²) in [5, 5.41) is 4.56. The Morgan fingerprint density at radius 3 is 2.70 bits per heavy atom. The summed E-state index contributed by atoms with van der Waals surface area (Å²) in [7, 11) is 0. The van der Waals surface area contributed by atoms with E-state index in [4.69, 9.17) is 21.9 Å². The van der Waals surface area contributed by atoms with E-state index >= 15 is 0 Å². The number of aromatic nitrogens is 2. The third-order valence-electron chi connectivity index (χ3n) is 2.79. The van der Waals surface area contributed by atoms with Gasteiger partial charge in [-0.25, -0.2) is 0 Å². The Kier molecular flexibility index (Phi) is 3.46. The molecule has 0 aliphatic rings. The van der Waals surface area contributed by atoms with Crippen LogP contribution in [0.25, 0.3) is 22.8 Å². The Labute approximate surface area is 128 Å². The zero-order valence-electron chi connectivity index (χ0n) is 10.2. The molecule has 3 rings (SSSR count). The molecule has 0 bridgehead atoms. The molecule has 100 valence electrons. The number of rotatable bonds is 2. The van der Waals surface area contributed by atoms with Gasteiger partial charge in [0.1, 0.15) is 0 Å². The number of nitrogens with two attached hydrogens (primary N) is 1. The maximum Gasteiger partial charge on any atom is 0.259 e. The average molecular weight is 351 g/mol. The standard InChI is InChI=1S/C14H9BrClN3O/c15-11-6-5-8(16)7-10(11)14-18-13(19-20-14)9-3-1-2-4-12(9)17/h1-7H,17H2. The first kappa shape index (κ1) is 13.1. The molecule has 0 saturated heterocycles. The van der Waals surface area contributed by atoms with Crippen LogP contribution in [-0.4, -0.2) is 10.1 Å². The zero-order valence-corrected chi connectivity index (χ0v) is 12.5. The summed E-state index contributed by atoms with van der Waals surface area (Å²) >= 11 is 9.42. The van der Waals surface area contributed by atoms with Crippen LogP contribution in [0.2, 0.25) is 5.02 Å². The monoisotopic (exact) mass is 349 g/mol. The largest absolute Gasteiger partial charge is 0.398 e. The molecule has 0 amide bonds.